The number of ether oxygens (including phenoxy) is 1. The van der Waals surface area contributed by atoms with Crippen molar-refractivity contribution in [3.63, 3.8) is 0 Å². The fourth-order valence-corrected chi connectivity index (χ4v) is 2.57. The van der Waals surface area contributed by atoms with Gasteiger partial charge in [-0.1, -0.05) is 0 Å². The number of phenolic OH excluding ortho intramolecular Hbond substituents is 1. The minimum absolute atomic E-state index is 0.0752. The van der Waals surface area contributed by atoms with Gasteiger partial charge in [0.05, 0.1) is 13.3 Å². The molecule has 0 bridgehead atoms. The highest BCUT2D eigenvalue weighted by molar-refractivity contribution is 7.71. The largest absolute Gasteiger partial charge is 0.504 e. The Morgan fingerprint density at radius 3 is 2.62 bits per heavy atom. The van der Waals surface area contributed by atoms with Crippen molar-refractivity contribution in [1.82, 2.24) is 14.9 Å². The Morgan fingerprint density at radius 1 is 1.23 bits per heavy atom. The Bertz CT molecular complexity index is 990. The molecule has 0 saturated carbocycles. The third kappa shape index (κ3) is 3.60. The van der Waals surface area contributed by atoms with Crippen LogP contribution in [0.15, 0.2) is 47.6 Å². The Morgan fingerprint density at radius 2 is 1.96 bits per heavy atom. The zero-order valence-electron chi connectivity index (χ0n) is 14.7. The zero-order chi connectivity index (χ0) is 18.7. The molecule has 0 atom stereocenters. The van der Waals surface area contributed by atoms with Crippen molar-refractivity contribution in [2.45, 2.75) is 0 Å². The molecule has 3 aromatic rings. The SMILES string of the molecule is COc1cc(C=Nn2c(-c3ccc(N(C)C)cc3)n[nH]c2=S)ccc1O. The second-order valence-corrected chi connectivity index (χ2v) is 6.17. The van der Waals surface area contributed by atoms with Crippen molar-refractivity contribution in [3.8, 4) is 22.9 Å². The molecular formula is C18H19N5O2S. The summed E-state index contributed by atoms with van der Waals surface area (Å²) < 4.78 is 7.05. The summed E-state index contributed by atoms with van der Waals surface area (Å²) in [5, 5.41) is 21.1. The molecule has 0 aliphatic heterocycles. The maximum Gasteiger partial charge on any atom is 0.216 e. The number of aromatic hydroxyl groups is 1. The van der Waals surface area contributed by atoms with Gasteiger partial charge in [0.2, 0.25) is 4.77 Å². The summed E-state index contributed by atoms with van der Waals surface area (Å²) in [6, 6.07) is 12.9. The maximum absolute atomic E-state index is 9.68. The lowest BCUT2D eigenvalue weighted by atomic mass is 10.2. The third-order valence-electron chi connectivity index (χ3n) is 3.82. The highest BCUT2D eigenvalue weighted by atomic mass is 32.1. The van der Waals surface area contributed by atoms with Crippen molar-refractivity contribution in [3.05, 3.63) is 52.8 Å². The topological polar surface area (TPSA) is 78.7 Å². The van der Waals surface area contributed by atoms with Gasteiger partial charge < -0.3 is 14.7 Å². The molecule has 3 rings (SSSR count). The summed E-state index contributed by atoms with van der Waals surface area (Å²) in [4.78, 5) is 2.03. The Kier molecular flexibility index (Phi) is 5.04. The first-order valence-electron chi connectivity index (χ1n) is 7.86. The normalized spacial score (nSPS) is 11.0. The van der Waals surface area contributed by atoms with Crippen molar-refractivity contribution < 1.29 is 9.84 Å². The number of H-pyrrole nitrogens is 1. The van der Waals surface area contributed by atoms with Gasteiger partial charge in [0.1, 0.15) is 0 Å². The van der Waals surface area contributed by atoms with Crippen LogP contribution in [0.1, 0.15) is 5.56 Å². The van der Waals surface area contributed by atoms with Gasteiger partial charge in [0, 0.05) is 25.3 Å². The number of methoxy groups -OCH3 is 1. The molecule has 1 heterocycles. The molecule has 0 fully saturated rings. The van der Waals surface area contributed by atoms with Gasteiger partial charge >= 0.3 is 0 Å². The monoisotopic (exact) mass is 369 g/mol. The van der Waals surface area contributed by atoms with Gasteiger partial charge in [-0.15, -0.1) is 0 Å². The van der Waals surface area contributed by atoms with E-state index in [9.17, 15) is 5.11 Å². The van der Waals surface area contributed by atoms with Crippen LogP contribution in [0, 0.1) is 4.77 Å². The molecule has 134 valence electrons. The third-order valence-corrected chi connectivity index (χ3v) is 4.08. The Balaban J connectivity index is 1.94. The van der Waals surface area contributed by atoms with Gasteiger partial charge in [-0.3, -0.25) is 0 Å². The number of phenols is 1. The molecule has 7 nitrogen and oxygen atoms in total. The quantitative estimate of drug-likeness (QED) is 0.533. The summed E-state index contributed by atoms with van der Waals surface area (Å²) in [7, 11) is 5.47. The van der Waals surface area contributed by atoms with Gasteiger partial charge in [0.25, 0.3) is 0 Å². The lowest BCUT2D eigenvalue weighted by Gasteiger charge is -2.12. The second kappa shape index (κ2) is 7.40. The fourth-order valence-electron chi connectivity index (χ4n) is 2.39. The summed E-state index contributed by atoms with van der Waals surface area (Å²) in [6.45, 7) is 0. The van der Waals surface area contributed by atoms with E-state index in [0.29, 0.717) is 16.3 Å². The summed E-state index contributed by atoms with van der Waals surface area (Å²) in [6.07, 6.45) is 1.63. The molecule has 0 amide bonds. The minimum Gasteiger partial charge on any atom is -0.504 e. The first-order valence-corrected chi connectivity index (χ1v) is 8.27. The van der Waals surface area contributed by atoms with Crippen molar-refractivity contribution in [2.75, 3.05) is 26.1 Å². The summed E-state index contributed by atoms with van der Waals surface area (Å²) >= 11 is 5.28. The molecule has 0 spiro atoms. The van der Waals surface area contributed by atoms with Crippen LogP contribution in [0.25, 0.3) is 11.4 Å². The van der Waals surface area contributed by atoms with Gasteiger partial charge in [0.15, 0.2) is 17.3 Å². The van der Waals surface area contributed by atoms with Gasteiger partial charge in [-0.2, -0.15) is 14.9 Å². The van der Waals surface area contributed by atoms with E-state index in [2.05, 4.69) is 15.3 Å². The van der Waals surface area contributed by atoms with Crippen LogP contribution < -0.4 is 9.64 Å². The van der Waals surface area contributed by atoms with E-state index in [1.54, 1.807) is 29.1 Å². The van der Waals surface area contributed by atoms with Crippen LogP contribution in [0.5, 0.6) is 11.5 Å². The molecule has 2 aromatic carbocycles. The highest BCUT2D eigenvalue weighted by Crippen LogP contribution is 2.26. The average Bonchev–Trinajstić information content (AvgIpc) is 3.01. The van der Waals surface area contributed by atoms with Crippen molar-refractivity contribution >= 4 is 24.1 Å². The molecule has 0 unspecified atom stereocenters. The molecule has 0 saturated heterocycles. The molecule has 8 heteroatoms. The van der Waals surface area contributed by atoms with E-state index in [-0.39, 0.29) is 5.75 Å². The molecule has 26 heavy (non-hydrogen) atoms. The average molecular weight is 369 g/mol. The predicted octanol–water partition coefficient (Wildman–Crippen LogP) is 3.27. The van der Waals surface area contributed by atoms with Crippen LogP contribution in [0.2, 0.25) is 0 Å². The Labute approximate surface area is 156 Å². The lowest BCUT2D eigenvalue weighted by Crippen LogP contribution is -2.08. The number of nitrogens with one attached hydrogen (secondary N) is 1. The summed E-state index contributed by atoms with van der Waals surface area (Å²) in [5.74, 6) is 1.07. The predicted molar refractivity (Wildman–Crippen MR) is 105 cm³/mol. The number of aromatic amines is 1. The van der Waals surface area contributed by atoms with Crippen LogP contribution in [0.3, 0.4) is 0 Å². The van der Waals surface area contributed by atoms with Crippen LogP contribution >= 0.6 is 12.2 Å². The highest BCUT2D eigenvalue weighted by Gasteiger charge is 2.09. The minimum atomic E-state index is 0.0752. The number of aromatic nitrogens is 3. The van der Waals surface area contributed by atoms with Crippen molar-refractivity contribution in [1.29, 1.82) is 0 Å². The maximum atomic E-state index is 9.68. The van der Waals surface area contributed by atoms with E-state index in [4.69, 9.17) is 17.0 Å². The first kappa shape index (κ1) is 17.7. The molecule has 0 aliphatic rings. The first-order chi connectivity index (χ1) is 12.5. The van der Waals surface area contributed by atoms with E-state index in [1.807, 2.05) is 43.3 Å². The van der Waals surface area contributed by atoms with Crippen LogP contribution in [0.4, 0.5) is 5.69 Å². The van der Waals surface area contributed by atoms with E-state index >= 15 is 0 Å². The smallest absolute Gasteiger partial charge is 0.216 e. The van der Waals surface area contributed by atoms with Crippen LogP contribution in [-0.4, -0.2) is 47.4 Å². The zero-order valence-corrected chi connectivity index (χ0v) is 15.5. The molecular weight excluding hydrogens is 350 g/mol. The number of nitrogens with zero attached hydrogens (tertiary/aromatic N) is 4. The fraction of sp³-hybridized carbons (Fsp3) is 0.167. The van der Waals surface area contributed by atoms with Gasteiger partial charge in [-0.05, 0) is 60.2 Å². The molecule has 0 aliphatic carbocycles. The number of rotatable bonds is 5. The van der Waals surface area contributed by atoms with Crippen molar-refractivity contribution in [2.24, 2.45) is 5.10 Å². The molecule has 1 aromatic heterocycles. The second-order valence-electron chi connectivity index (χ2n) is 5.78. The Hall–Kier alpha value is -3.13. The molecule has 0 radical (unpaired) electrons. The number of benzene rings is 2. The summed E-state index contributed by atoms with van der Waals surface area (Å²) in [5.41, 5.74) is 2.74. The number of anilines is 1. The van der Waals surface area contributed by atoms with Gasteiger partial charge in [-0.25, -0.2) is 5.10 Å². The molecule has 2 N–H and O–H groups in total. The van der Waals surface area contributed by atoms with E-state index < -0.39 is 0 Å². The number of hydrogen-bond donors (Lipinski definition) is 2. The van der Waals surface area contributed by atoms with Crippen LogP contribution in [-0.2, 0) is 0 Å². The van der Waals surface area contributed by atoms with E-state index in [1.165, 1.54) is 7.11 Å². The van der Waals surface area contributed by atoms with E-state index in [0.717, 1.165) is 16.8 Å². The standard InChI is InChI=1S/C18H19N5O2S/c1-22(2)14-7-5-13(6-8-14)17-20-21-18(26)23(17)19-11-12-4-9-15(24)16(10-12)25-3/h4-11,24H,1-3H3,(H,21,26). The number of hydrogen-bond acceptors (Lipinski definition) is 6. The lowest BCUT2D eigenvalue weighted by molar-refractivity contribution is 0.373.